The Kier molecular flexibility index (Phi) is 32.3. The van der Waals surface area contributed by atoms with Gasteiger partial charge in [-0.25, -0.2) is 0 Å². The molecule has 0 aromatic carbocycles. The molecule has 12 heavy (non-hydrogen) atoms. The van der Waals surface area contributed by atoms with E-state index < -0.39 is 0 Å². The summed E-state index contributed by atoms with van der Waals surface area (Å²) in [4.78, 5) is 7.32. The summed E-state index contributed by atoms with van der Waals surface area (Å²) in [6.07, 6.45) is 3.39. The molecule has 0 aliphatic heterocycles. The average Bonchev–Trinajstić information content (AvgIpc) is 2.12. The number of rotatable bonds is 2. The maximum Gasteiger partial charge on any atom is 0.0304 e. The Hall–Kier alpha value is -0.920. The van der Waals surface area contributed by atoms with E-state index >= 15 is 0 Å². The van der Waals surface area contributed by atoms with Crippen LogP contribution >= 0.6 is 0 Å². The predicted molar refractivity (Wildman–Crippen MR) is 60.4 cm³/mol. The highest BCUT2D eigenvalue weighted by Crippen LogP contribution is 1.85. The Bertz CT molecular complexity index is 124. The zero-order valence-corrected chi connectivity index (χ0v) is 9.26. The van der Waals surface area contributed by atoms with Gasteiger partial charge in [0.25, 0.3) is 0 Å². The van der Waals surface area contributed by atoms with Crippen LogP contribution in [0.1, 0.15) is 34.6 Å². The molecule has 2 heteroatoms. The Labute approximate surface area is 77.1 Å². The number of hydrogen-bond donors (Lipinski definition) is 0. The van der Waals surface area contributed by atoms with Gasteiger partial charge in [0, 0.05) is 19.5 Å². The fourth-order valence-electron chi connectivity index (χ4n) is 0.381. The Balaban J connectivity index is -0.000000175. The molecule has 0 amide bonds. The van der Waals surface area contributed by atoms with Crippen LogP contribution in [0.2, 0.25) is 0 Å². The highest BCUT2D eigenvalue weighted by Gasteiger charge is 1.74. The summed E-state index contributed by atoms with van der Waals surface area (Å²) in [5.41, 5.74) is 1.02. The maximum atomic E-state index is 3.77. The first-order valence-electron chi connectivity index (χ1n) is 4.36. The van der Waals surface area contributed by atoms with Gasteiger partial charge < -0.3 is 0 Å². The second-order valence-corrected chi connectivity index (χ2v) is 1.44. The molecule has 0 aromatic rings. The molecule has 0 atom stereocenters. The van der Waals surface area contributed by atoms with Crippen LogP contribution < -0.4 is 0 Å². The lowest BCUT2D eigenvalue weighted by Crippen LogP contribution is -1.73. The molecule has 0 unspecified atom stereocenters. The van der Waals surface area contributed by atoms with Crippen LogP contribution in [0, 0.1) is 0 Å². The van der Waals surface area contributed by atoms with Crippen molar-refractivity contribution in [1.82, 2.24) is 0 Å². The molecule has 0 fully saturated rings. The van der Waals surface area contributed by atoms with Crippen LogP contribution in [-0.2, 0) is 0 Å². The summed E-state index contributed by atoms with van der Waals surface area (Å²) < 4.78 is 0. The van der Waals surface area contributed by atoms with Gasteiger partial charge in [-0.05, 0) is 19.2 Å². The van der Waals surface area contributed by atoms with E-state index in [9.17, 15) is 0 Å². The van der Waals surface area contributed by atoms with E-state index in [1.807, 2.05) is 34.6 Å². The Morgan fingerprint density at radius 2 is 1.58 bits per heavy atom. The Morgan fingerprint density at radius 3 is 1.83 bits per heavy atom. The molecule has 0 aliphatic rings. The fourth-order valence-corrected chi connectivity index (χ4v) is 0.381. The fraction of sp³-hybridized carbons (Fsp3) is 0.600. The van der Waals surface area contributed by atoms with Crippen LogP contribution in [0.4, 0.5) is 0 Å². The van der Waals surface area contributed by atoms with Gasteiger partial charge >= 0.3 is 0 Å². The number of allylic oxidation sites excluding steroid dienone is 1. The minimum absolute atomic E-state index is 1.02. The second-order valence-electron chi connectivity index (χ2n) is 1.44. The van der Waals surface area contributed by atoms with Crippen molar-refractivity contribution in [3.8, 4) is 0 Å². The largest absolute Gasteiger partial charge is 0.296 e. The zero-order valence-electron chi connectivity index (χ0n) is 9.26. The first-order chi connectivity index (χ1) is 5.81. The number of aliphatic imine (C=N–C) groups is 2. The molecular formula is C10H22N2. The quantitative estimate of drug-likeness (QED) is 0.568. The minimum Gasteiger partial charge on any atom is -0.296 e. The summed E-state index contributed by atoms with van der Waals surface area (Å²) in [7, 11) is 1.72. The molecule has 2 nitrogen and oxygen atoms in total. The SMILES string of the molecule is C=N/C=C(/C)C=NC.CC.CC. The third-order valence-corrected chi connectivity index (χ3v) is 0.628. The number of nitrogens with zero attached hydrogens (tertiary/aromatic N) is 2. The zero-order chi connectivity index (χ0) is 10.4. The summed E-state index contributed by atoms with van der Waals surface area (Å²) in [5, 5.41) is 0. The average molecular weight is 170 g/mol. The summed E-state index contributed by atoms with van der Waals surface area (Å²) >= 11 is 0. The van der Waals surface area contributed by atoms with E-state index in [0.29, 0.717) is 0 Å². The van der Waals surface area contributed by atoms with Gasteiger partial charge in [-0.3, -0.25) is 9.98 Å². The van der Waals surface area contributed by atoms with E-state index in [-0.39, 0.29) is 0 Å². The molecule has 0 saturated carbocycles. The van der Waals surface area contributed by atoms with Crippen LogP contribution in [-0.4, -0.2) is 20.0 Å². The molecule has 0 aliphatic carbocycles. The van der Waals surface area contributed by atoms with Gasteiger partial charge in [-0.1, -0.05) is 27.7 Å². The standard InChI is InChI=1S/C6H10N2.2C2H6/c1-6(4-7-2)5-8-3;2*1-2/h4-5H,2H2,1,3H3;2*1-2H3/b6-4-,8-5?;;. The highest BCUT2D eigenvalue weighted by molar-refractivity contribution is 5.77. The van der Waals surface area contributed by atoms with E-state index in [2.05, 4.69) is 16.7 Å². The predicted octanol–water partition coefficient (Wildman–Crippen LogP) is 3.34. The van der Waals surface area contributed by atoms with Crippen LogP contribution in [0.3, 0.4) is 0 Å². The second kappa shape index (κ2) is 22.5. The topological polar surface area (TPSA) is 24.7 Å². The van der Waals surface area contributed by atoms with Gasteiger partial charge in [-0.2, -0.15) is 0 Å². The molecule has 0 rings (SSSR count). The van der Waals surface area contributed by atoms with Crippen LogP contribution in [0.5, 0.6) is 0 Å². The lowest BCUT2D eigenvalue weighted by atomic mass is 10.4. The summed E-state index contributed by atoms with van der Waals surface area (Å²) in [5.74, 6) is 0. The van der Waals surface area contributed by atoms with Crippen molar-refractivity contribution in [2.24, 2.45) is 9.98 Å². The lowest BCUT2D eigenvalue weighted by molar-refractivity contribution is 1.42. The van der Waals surface area contributed by atoms with Crippen LogP contribution in [0.25, 0.3) is 0 Å². The third-order valence-electron chi connectivity index (χ3n) is 0.628. The maximum absolute atomic E-state index is 3.77. The van der Waals surface area contributed by atoms with Gasteiger partial charge in [0.15, 0.2) is 0 Å². The van der Waals surface area contributed by atoms with Gasteiger partial charge in [0.2, 0.25) is 0 Å². The van der Waals surface area contributed by atoms with Crippen molar-refractivity contribution in [2.45, 2.75) is 34.6 Å². The normalized spacial score (nSPS) is 9.33. The lowest BCUT2D eigenvalue weighted by Gasteiger charge is -1.81. The first-order valence-corrected chi connectivity index (χ1v) is 4.36. The smallest absolute Gasteiger partial charge is 0.0304 e. The Morgan fingerprint density at radius 1 is 1.17 bits per heavy atom. The van der Waals surface area contributed by atoms with Crippen molar-refractivity contribution >= 4 is 12.9 Å². The first kappa shape index (κ1) is 17.2. The minimum atomic E-state index is 1.02. The van der Waals surface area contributed by atoms with E-state index in [1.165, 1.54) is 0 Å². The molecule has 0 bridgehead atoms. The summed E-state index contributed by atoms with van der Waals surface area (Å²) in [6, 6.07) is 0. The van der Waals surface area contributed by atoms with Crippen molar-refractivity contribution in [1.29, 1.82) is 0 Å². The van der Waals surface area contributed by atoms with Gasteiger partial charge in [0.1, 0.15) is 0 Å². The monoisotopic (exact) mass is 170 g/mol. The molecule has 0 spiro atoms. The van der Waals surface area contributed by atoms with Crippen LogP contribution in [0.15, 0.2) is 21.8 Å². The summed E-state index contributed by atoms with van der Waals surface area (Å²) in [6.45, 7) is 13.2. The van der Waals surface area contributed by atoms with Crippen molar-refractivity contribution in [3.05, 3.63) is 11.8 Å². The van der Waals surface area contributed by atoms with Crippen molar-refractivity contribution in [2.75, 3.05) is 7.05 Å². The van der Waals surface area contributed by atoms with E-state index in [4.69, 9.17) is 0 Å². The molecular weight excluding hydrogens is 148 g/mol. The molecule has 72 valence electrons. The molecule has 0 N–H and O–H groups in total. The molecule has 0 aromatic heterocycles. The third kappa shape index (κ3) is 23.0. The van der Waals surface area contributed by atoms with E-state index in [0.717, 1.165) is 5.57 Å². The molecule has 0 saturated heterocycles. The van der Waals surface area contributed by atoms with Gasteiger partial charge in [0.05, 0.1) is 0 Å². The highest BCUT2D eigenvalue weighted by atomic mass is 14.7. The molecule has 0 radical (unpaired) electrons. The van der Waals surface area contributed by atoms with E-state index in [1.54, 1.807) is 19.5 Å². The molecule has 0 heterocycles. The number of hydrogen-bond acceptors (Lipinski definition) is 2. The van der Waals surface area contributed by atoms with Gasteiger partial charge in [-0.15, -0.1) is 0 Å². The van der Waals surface area contributed by atoms with Crippen molar-refractivity contribution < 1.29 is 0 Å². The van der Waals surface area contributed by atoms with Crippen molar-refractivity contribution in [3.63, 3.8) is 0 Å².